The molecule has 6 nitrogen and oxygen atoms in total. The molecular formula is C25H33N3O3S. The number of aryl methyl sites for hydroxylation is 1. The largest absolute Gasteiger partial charge is 0.342 e. The molecule has 1 saturated heterocycles. The molecule has 0 spiro atoms. The summed E-state index contributed by atoms with van der Waals surface area (Å²) in [6, 6.07) is 16.6. The first-order valence-electron chi connectivity index (χ1n) is 11.1. The molecule has 3 rings (SSSR count). The number of amides is 1. The molecule has 32 heavy (non-hydrogen) atoms. The zero-order chi connectivity index (χ0) is 23.0. The summed E-state index contributed by atoms with van der Waals surface area (Å²) >= 11 is 0. The Bertz CT molecular complexity index is 1000. The van der Waals surface area contributed by atoms with Crippen molar-refractivity contribution >= 4 is 15.9 Å². The lowest BCUT2D eigenvalue weighted by Gasteiger charge is -2.28. The van der Waals surface area contributed by atoms with Crippen LogP contribution in [0.2, 0.25) is 0 Å². The molecule has 0 unspecified atom stereocenters. The molecule has 1 aliphatic rings. The Balaban J connectivity index is 1.73. The van der Waals surface area contributed by atoms with Gasteiger partial charge in [-0.15, -0.1) is 0 Å². The van der Waals surface area contributed by atoms with Crippen molar-refractivity contribution in [3.8, 4) is 0 Å². The molecule has 1 fully saturated rings. The van der Waals surface area contributed by atoms with E-state index in [0.29, 0.717) is 39.0 Å². The van der Waals surface area contributed by atoms with Gasteiger partial charge in [-0.3, -0.25) is 4.79 Å². The van der Waals surface area contributed by atoms with Crippen LogP contribution in [0.25, 0.3) is 0 Å². The zero-order valence-corrected chi connectivity index (χ0v) is 19.6. The summed E-state index contributed by atoms with van der Waals surface area (Å²) < 4.78 is 28.1. The second kappa shape index (κ2) is 11.4. The molecule has 0 bridgehead atoms. The van der Waals surface area contributed by atoms with Crippen molar-refractivity contribution in [3.05, 3.63) is 77.9 Å². The molecule has 0 aromatic heterocycles. The molecule has 1 amide bonds. The molecular weight excluding hydrogens is 422 g/mol. The van der Waals surface area contributed by atoms with Crippen molar-refractivity contribution in [2.75, 3.05) is 39.3 Å². The monoisotopic (exact) mass is 455 g/mol. The number of nitrogens with zero attached hydrogens (tertiary/aromatic N) is 2. The Morgan fingerprint density at radius 2 is 1.69 bits per heavy atom. The van der Waals surface area contributed by atoms with Gasteiger partial charge < -0.3 is 10.2 Å². The molecule has 0 radical (unpaired) electrons. The number of hydrogen-bond acceptors (Lipinski definition) is 4. The van der Waals surface area contributed by atoms with Gasteiger partial charge >= 0.3 is 0 Å². The van der Waals surface area contributed by atoms with Crippen molar-refractivity contribution in [2.45, 2.75) is 31.1 Å². The summed E-state index contributed by atoms with van der Waals surface area (Å²) in [7, 11) is -3.65. The smallest absolute Gasteiger partial charge is 0.243 e. The van der Waals surface area contributed by atoms with Crippen LogP contribution in [0.5, 0.6) is 0 Å². The van der Waals surface area contributed by atoms with Gasteiger partial charge in [0.1, 0.15) is 0 Å². The van der Waals surface area contributed by atoms with Crippen LogP contribution in [0.15, 0.2) is 71.6 Å². The predicted molar refractivity (Wildman–Crippen MR) is 128 cm³/mol. The number of sulfonamides is 1. The van der Waals surface area contributed by atoms with Gasteiger partial charge in [-0.1, -0.05) is 54.6 Å². The fourth-order valence-corrected chi connectivity index (χ4v) is 5.29. The molecule has 1 heterocycles. The van der Waals surface area contributed by atoms with E-state index in [2.05, 4.69) is 11.9 Å². The maximum atomic E-state index is 13.3. The zero-order valence-electron chi connectivity index (χ0n) is 18.8. The topological polar surface area (TPSA) is 69.7 Å². The van der Waals surface area contributed by atoms with Gasteiger partial charge in [-0.2, -0.15) is 4.31 Å². The van der Waals surface area contributed by atoms with Gasteiger partial charge in [0.15, 0.2) is 0 Å². The summed E-state index contributed by atoms with van der Waals surface area (Å²) in [6.45, 7) is 9.08. The highest BCUT2D eigenvalue weighted by atomic mass is 32.2. The third kappa shape index (κ3) is 6.76. The highest BCUT2D eigenvalue weighted by Crippen LogP contribution is 2.18. The number of carbonyl (C=O) groups is 1. The van der Waals surface area contributed by atoms with E-state index < -0.39 is 10.0 Å². The van der Waals surface area contributed by atoms with E-state index in [-0.39, 0.29) is 17.3 Å². The molecule has 1 N–H and O–H groups in total. The van der Waals surface area contributed by atoms with Crippen LogP contribution in [-0.4, -0.2) is 62.8 Å². The van der Waals surface area contributed by atoms with E-state index >= 15 is 0 Å². The minimum absolute atomic E-state index is 0.0746. The Labute approximate surface area is 192 Å². The number of carbonyl (C=O) groups excluding carboxylic acids is 1. The third-order valence-corrected chi connectivity index (χ3v) is 7.46. The van der Waals surface area contributed by atoms with Crippen molar-refractivity contribution in [3.63, 3.8) is 0 Å². The fraction of sp³-hybridized carbons (Fsp3) is 0.400. The number of benzene rings is 2. The highest BCUT2D eigenvalue weighted by Gasteiger charge is 2.25. The van der Waals surface area contributed by atoms with Crippen LogP contribution < -0.4 is 5.32 Å². The lowest BCUT2D eigenvalue weighted by atomic mass is 10.1. The van der Waals surface area contributed by atoms with Gasteiger partial charge in [-0.05, 0) is 49.6 Å². The summed E-state index contributed by atoms with van der Waals surface area (Å²) in [4.78, 5) is 15.1. The van der Waals surface area contributed by atoms with Crippen LogP contribution in [0, 0.1) is 6.92 Å². The van der Waals surface area contributed by atoms with Crippen LogP contribution in [0.4, 0.5) is 0 Å². The van der Waals surface area contributed by atoms with E-state index in [1.807, 2.05) is 54.3 Å². The molecule has 0 saturated carbocycles. The average molecular weight is 456 g/mol. The summed E-state index contributed by atoms with van der Waals surface area (Å²) in [5, 5.41) is 3.32. The van der Waals surface area contributed by atoms with E-state index in [4.69, 9.17) is 0 Å². The highest BCUT2D eigenvalue weighted by molar-refractivity contribution is 7.89. The number of nitrogens with one attached hydrogen (secondary N) is 1. The first-order chi connectivity index (χ1) is 15.4. The molecule has 0 aliphatic carbocycles. The summed E-state index contributed by atoms with van der Waals surface area (Å²) in [6.07, 6.45) is 1.78. The standard InChI is InChI=1S/C25H33N3O3S/c1-21-10-12-24(13-11-21)32(30,31)28-17-7-16-27(15-6-14-26-19-22(2)20-28)25(29)18-23-8-4-3-5-9-23/h3-5,8-13,26H,2,6-7,14-20H2,1H3. The van der Waals surface area contributed by atoms with Crippen molar-refractivity contribution < 1.29 is 13.2 Å². The Hall–Kier alpha value is -2.48. The molecule has 2 aromatic rings. The van der Waals surface area contributed by atoms with Crippen LogP contribution in [0.3, 0.4) is 0 Å². The molecule has 1 aliphatic heterocycles. The average Bonchev–Trinajstić information content (AvgIpc) is 2.76. The molecule has 0 atom stereocenters. The van der Waals surface area contributed by atoms with E-state index in [0.717, 1.165) is 29.7 Å². The van der Waals surface area contributed by atoms with Crippen molar-refractivity contribution in [2.24, 2.45) is 0 Å². The minimum atomic E-state index is -3.65. The lowest BCUT2D eigenvalue weighted by Crippen LogP contribution is -2.40. The van der Waals surface area contributed by atoms with E-state index in [1.165, 1.54) is 4.31 Å². The lowest BCUT2D eigenvalue weighted by molar-refractivity contribution is -0.130. The van der Waals surface area contributed by atoms with Gasteiger partial charge in [0.25, 0.3) is 0 Å². The molecule has 2 aromatic carbocycles. The molecule has 172 valence electrons. The predicted octanol–water partition coefficient (Wildman–Crippen LogP) is 3.00. The third-order valence-electron chi connectivity index (χ3n) is 5.60. The van der Waals surface area contributed by atoms with Crippen molar-refractivity contribution in [1.29, 1.82) is 0 Å². The van der Waals surface area contributed by atoms with Gasteiger partial charge in [0, 0.05) is 32.7 Å². The van der Waals surface area contributed by atoms with E-state index in [1.54, 1.807) is 12.1 Å². The first kappa shape index (κ1) is 24.2. The van der Waals surface area contributed by atoms with Crippen molar-refractivity contribution in [1.82, 2.24) is 14.5 Å². The Kier molecular flexibility index (Phi) is 8.61. The molecule has 7 heteroatoms. The SMILES string of the molecule is C=C1CNCCCN(C(=O)Cc2ccccc2)CCCN(S(=O)(=O)c2ccc(C)cc2)C1. The maximum absolute atomic E-state index is 13.3. The second-order valence-corrected chi connectivity index (χ2v) is 10.3. The first-order valence-corrected chi connectivity index (χ1v) is 12.6. The second-order valence-electron chi connectivity index (χ2n) is 8.33. The van der Waals surface area contributed by atoms with Crippen LogP contribution in [0.1, 0.15) is 24.0 Å². The summed E-state index contributed by atoms with van der Waals surface area (Å²) in [5.41, 5.74) is 2.83. The van der Waals surface area contributed by atoms with E-state index in [9.17, 15) is 13.2 Å². The normalized spacial score (nSPS) is 17.4. The van der Waals surface area contributed by atoms with Gasteiger partial charge in [0.05, 0.1) is 11.3 Å². The number of rotatable bonds is 4. The van der Waals surface area contributed by atoms with Crippen LogP contribution >= 0.6 is 0 Å². The minimum Gasteiger partial charge on any atom is -0.342 e. The van der Waals surface area contributed by atoms with Crippen LogP contribution in [-0.2, 0) is 21.2 Å². The fourth-order valence-electron chi connectivity index (χ4n) is 3.79. The Morgan fingerprint density at radius 3 is 2.41 bits per heavy atom. The summed E-state index contributed by atoms with van der Waals surface area (Å²) in [5.74, 6) is 0.0746. The van der Waals surface area contributed by atoms with Gasteiger partial charge in [-0.25, -0.2) is 8.42 Å². The maximum Gasteiger partial charge on any atom is 0.243 e. The Morgan fingerprint density at radius 1 is 1.00 bits per heavy atom. The van der Waals surface area contributed by atoms with Gasteiger partial charge in [0.2, 0.25) is 15.9 Å². The quantitative estimate of drug-likeness (QED) is 0.720. The number of hydrogen-bond donors (Lipinski definition) is 1.